The molecule has 1 aromatic heterocycles. The molecular formula is C44H27NO. The number of benzene rings is 8. The lowest BCUT2D eigenvalue weighted by Crippen LogP contribution is -1.97. The van der Waals surface area contributed by atoms with Crippen LogP contribution in [0.25, 0.3) is 82.4 Å². The smallest absolute Gasteiger partial charge is 0.135 e. The van der Waals surface area contributed by atoms with Crippen LogP contribution in [0.15, 0.2) is 164 Å². The van der Waals surface area contributed by atoms with E-state index in [0.717, 1.165) is 22.7 Å². The van der Waals surface area contributed by atoms with Crippen LogP contribution in [0.4, 0.5) is 0 Å². The Balaban J connectivity index is 1.08. The Morgan fingerprint density at radius 3 is 2.04 bits per heavy atom. The molecule has 0 radical (unpaired) electrons. The molecule has 1 aliphatic heterocycles. The molecule has 8 aromatic carbocycles. The highest BCUT2D eigenvalue weighted by Gasteiger charge is 2.21. The van der Waals surface area contributed by atoms with E-state index in [1.807, 2.05) is 12.1 Å². The van der Waals surface area contributed by atoms with E-state index >= 15 is 0 Å². The van der Waals surface area contributed by atoms with Gasteiger partial charge in [-0.05, 0) is 80.4 Å². The molecule has 10 rings (SSSR count). The van der Waals surface area contributed by atoms with Crippen molar-refractivity contribution in [1.82, 2.24) is 4.57 Å². The van der Waals surface area contributed by atoms with Gasteiger partial charge in [-0.1, -0.05) is 127 Å². The first-order chi connectivity index (χ1) is 22.8. The van der Waals surface area contributed by atoms with Crippen molar-refractivity contribution < 1.29 is 4.74 Å². The second-order valence-electron chi connectivity index (χ2n) is 12.1. The number of ether oxygens (including phenoxy) is 1. The molecule has 0 spiro atoms. The molecule has 2 heteroatoms. The standard InChI is InChI=1S/C44H27NO/c1-2-12-34-29(9-1)23-25-40-43(34)38-14-3-5-17-39(38)45(40)32-11-7-10-31(27-32)28-19-21-30(22-20-28)33-24-26-42-44-36(33)15-8-16-37(44)35-13-4-6-18-41(35)46-42/h1-27H. The molecule has 0 saturated heterocycles. The van der Waals surface area contributed by atoms with Gasteiger partial charge in [0.15, 0.2) is 0 Å². The zero-order valence-corrected chi connectivity index (χ0v) is 24.9. The van der Waals surface area contributed by atoms with Crippen molar-refractivity contribution >= 4 is 43.4 Å². The van der Waals surface area contributed by atoms with Crippen LogP contribution < -0.4 is 4.74 Å². The van der Waals surface area contributed by atoms with Gasteiger partial charge >= 0.3 is 0 Å². The minimum atomic E-state index is 0.913. The summed E-state index contributed by atoms with van der Waals surface area (Å²) in [5.41, 5.74) is 10.8. The first-order valence-corrected chi connectivity index (χ1v) is 15.8. The molecule has 0 amide bonds. The second kappa shape index (κ2) is 9.69. The molecule has 1 aliphatic rings. The van der Waals surface area contributed by atoms with E-state index in [-0.39, 0.29) is 0 Å². The summed E-state index contributed by atoms with van der Waals surface area (Å²) < 4.78 is 8.74. The molecule has 0 fully saturated rings. The van der Waals surface area contributed by atoms with Gasteiger partial charge in [-0.2, -0.15) is 0 Å². The van der Waals surface area contributed by atoms with E-state index in [1.165, 1.54) is 71.2 Å². The molecule has 214 valence electrons. The highest BCUT2D eigenvalue weighted by atomic mass is 16.5. The monoisotopic (exact) mass is 585 g/mol. The van der Waals surface area contributed by atoms with Crippen LogP contribution in [-0.2, 0) is 0 Å². The van der Waals surface area contributed by atoms with Crippen LogP contribution in [0.5, 0.6) is 11.5 Å². The van der Waals surface area contributed by atoms with Crippen molar-refractivity contribution in [3.8, 4) is 50.6 Å². The summed E-state index contributed by atoms with van der Waals surface area (Å²) in [7, 11) is 0. The molecule has 2 heterocycles. The van der Waals surface area contributed by atoms with Crippen molar-refractivity contribution in [2.45, 2.75) is 0 Å². The van der Waals surface area contributed by atoms with Gasteiger partial charge in [0.25, 0.3) is 0 Å². The molecule has 46 heavy (non-hydrogen) atoms. The van der Waals surface area contributed by atoms with E-state index in [2.05, 4.69) is 156 Å². The SMILES string of the molecule is c1cc(-c2ccc(-c3ccc4c5c(cccc35)-c3ccccc3O4)cc2)cc(-n2c3ccccc3c3c4ccccc4ccc32)c1. The molecule has 0 N–H and O–H groups in total. The van der Waals surface area contributed by atoms with Crippen LogP contribution in [0.2, 0.25) is 0 Å². The Kier molecular flexibility index (Phi) is 5.31. The lowest BCUT2D eigenvalue weighted by Gasteiger charge is -2.22. The Hall–Kier alpha value is -6.12. The van der Waals surface area contributed by atoms with Crippen LogP contribution in [0.1, 0.15) is 0 Å². The predicted molar refractivity (Wildman–Crippen MR) is 192 cm³/mol. The highest BCUT2D eigenvalue weighted by molar-refractivity contribution is 6.21. The predicted octanol–water partition coefficient (Wildman–Crippen LogP) is 12.2. The van der Waals surface area contributed by atoms with Crippen molar-refractivity contribution in [1.29, 1.82) is 0 Å². The number of para-hydroxylation sites is 2. The summed E-state index contributed by atoms with van der Waals surface area (Å²) in [5, 5.41) is 7.51. The van der Waals surface area contributed by atoms with Crippen molar-refractivity contribution in [2.75, 3.05) is 0 Å². The fraction of sp³-hybridized carbons (Fsp3) is 0. The van der Waals surface area contributed by atoms with Crippen LogP contribution >= 0.6 is 0 Å². The third-order valence-corrected chi connectivity index (χ3v) is 9.60. The van der Waals surface area contributed by atoms with Crippen LogP contribution in [0, 0.1) is 0 Å². The molecule has 9 aromatic rings. The largest absolute Gasteiger partial charge is 0.456 e. The van der Waals surface area contributed by atoms with Gasteiger partial charge < -0.3 is 9.30 Å². The molecule has 0 saturated carbocycles. The first kappa shape index (κ1) is 25.2. The molecule has 0 aliphatic carbocycles. The van der Waals surface area contributed by atoms with Crippen molar-refractivity contribution in [2.24, 2.45) is 0 Å². The fourth-order valence-corrected chi connectivity index (χ4v) is 7.52. The summed E-state index contributed by atoms with van der Waals surface area (Å²) in [5.74, 6) is 1.83. The number of nitrogens with zero attached hydrogens (tertiary/aromatic N) is 1. The summed E-state index contributed by atoms with van der Waals surface area (Å²) >= 11 is 0. The molecular weight excluding hydrogens is 558 g/mol. The quantitative estimate of drug-likeness (QED) is 0.201. The number of fused-ring (bicyclic) bond motifs is 7. The maximum atomic E-state index is 6.33. The average molecular weight is 586 g/mol. The zero-order valence-electron chi connectivity index (χ0n) is 24.9. The van der Waals surface area contributed by atoms with Crippen molar-refractivity contribution in [3.63, 3.8) is 0 Å². The van der Waals surface area contributed by atoms with Gasteiger partial charge in [0.2, 0.25) is 0 Å². The van der Waals surface area contributed by atoms with Gasteiger partial charge in [0.1, 0.15) is 11.5 Å². The van der Waals surface area contributed by atoms with E-state index < -0.39 is 0 Å². The third kappa shape index (κ3) is 3.65. The van der Waals surface area contributed by atoms with E-state index in [9.17, 15) is 0 Å². The van der Waals surface area contributed by atoms with Gasteiger partial charge in [-0.25, -0.2) is 0 Å². The van der Waals surface area contributed by atoms with Gasteiger partial charge in [-0.3, -0.25) is 0 Å². The summed E-state index contributed by atoms with van der Waals surface area (Å²) in [4.78, 5) is 0. The summed E-state index contributed by atoms with van der Waals surface area (Å²) in [6, 6.07) is 59.0. The molecule has 2 nitrogen and oxygen atoms in total. The Bertz CT molecular complexity index is 2660. The van der Waals surface area contributed by atoms with E-state index in [4.69, 9.17) is 4.74 Å². The average Bonchev–Trinajstić information content (AvgIpc) is 3.47. The van der Waals surface area contributed by atoms with E-state index in [0.29, 0.717) is 0 Å². The maximum absolute atomic E-state index is 6.33. The number of rotatable bonds is 3. The topological polar surface area (TPSA) is 14.2 Å². The fourth-order valence-electron chi connectivity index (χ4n) is 7.52. The molecule has 0 bridgehead atoms. The number of hydrogen-bond donors (Lipinski definition) is 0. The van der Waals surface area contributed by atoms with Crippen molar-refractivity contribution in [3.05, 3.63) is 164 Å². The maximum Gasteiger partial charge on any atom is 0.135 e. The molecule has 0 unspecified atom stereocenters. The van der Waals surface area contributed by atoms with Gasteiger partial charge in [-0.15, -0.1) is 0 Å². The summed E-state index contributed by atoms with van der Waals surface area (Å²) in [6.07, 6.45) is 0. The minimum absolute atomic E-state index is 0.913. The first-order valence-electron chi connectivity index (χ1n) is 15.8. The number of aromatic nitrogens is 1. The highest BCUT2D eigenvalue weighted by Crippen LogP contribution is 2.48. The normalized spacial score (nSPS) is 12.1. The summed E-state index contributed by atoms with van der Waals surface area (Å²) in [6.45, 7) is 0. The van der Waals surface area contributed by atoms with Gasteiger partial charge in [0, 0.05) is 27.4 Å². The number of hydrogen-bond acceptors (Lipinski definition) is 1. The Labute approximate surface area is 266 Å². The van der Waals surface area contributed by atoms with Crippen LogP contribution in [-0.4, -0.2) is 4.57 Å². The lowest BCUT2D eigenvalue weighted by atomic mass is 9.90. The van der Waals surface area contributed by atoms with Gasteiger partial charge in [0.05, 0.1) is 11.0 Å². The Morgan fingerprint density at radius 1 is 0.370 bits per heavy atom. The lowest BCUT2D eigenvalue weighted by molar-refractivity contribution is 0.487. The Morgan fingerprint density at radius 2 is 1.11 bits per heavy atom. The molecule has 0 atom stereocenters. The minimum Gasteiger partial charge on any atom is -0.456 e. The second-order valence-corrected chi connectivity index (χ2v) is 12.1. The van der Waals surface area contributed by atoms with E-state index in [1.54, 1.807) is 0 Å². The zero-order chi connectivity index (χ0) is 30.2. The third-order valence-electron chi connectivity index (χ3n) is 9.60. The van der Waals surface area contributed by atoms with Crippen LogP contribution in [0.3, 0.4) is 0 Å².